The Morgan fingerprint density at radius 2 is 2.10 bits per heavy atom. The third-order valence-corrected chi connectivity index (χ3v) is 3.05. The number of nitrogens with one attached hydrogen (secondary N) is 1. The Kier molecular flexibility index (Phi) is 3.89. The van der Waals surface area contributed by atoms with Crippen LogP contribution >= 0.6 is 0 Å². The van der Waals surface area contributed by atoms with Gasteiger partial charge in [-0.25, -0.2) is 0 Å². The number of anilines is 1. The number of hydrogen-bond acceptors (Lipinski definition) is 3. The molecule has 0 aliphatic carbocycles. The van der Waals surface area contributed by atoms with Crippen molar-refractivity contribution < 1.29 is 13.2 Å². The van der Waals surface area contributed by atoms with Gasteiger partial charge in [0.05, 0.1) is 29.4 Å². The molecule has 4 nitrogen and oxygen atoms in total. The SMILES string of the molecule is CC(Nc1ccc(C(F)(F)F)c(C#N)c1)c1cnn(C)c1. The molecular formula is C14H13F3N4. The number of halogens is 3. The lowest BCUT2D eigenvalue weighted by atomic mass is 10.1. The zero-order valence-corrected chi connectivity index (χ0v) is 11.4. The zero-order chi connectivity index (χ0) is 15.6. The normalized spacial score (nSPS) is 12.8. The fourth-order valence-electron chi connectivity index (χ4n) is 1.97. The van der Waals surface area contributed by atoms with Gasteiger partial charge in [-0.1, -0.05) is 0 Å². The second kappa shape index (κ2) is 5.48. The molecule has 0 aliphatic heterocycles. The minimum Gasteiger partial charge on any atom is -0.378 e. The Balaban J connectivity index is 2.24. The fraction of sp³-hybridized carbons (Fsp3) is 0.286. The van der Waals surface area contributed by atoms with Gasteiger partial charge in [-0.2, -0.15) is 23.5 Å². The molecular weight excluding hydrogens is 281 g/mol. The number of rotatable bonds is 3. The van der Waals surface area contributed by atoms with Crippen LogP contribution in [0, 0.1) is 11.3 Å². The number of benzene rings is 1. The van der Waals surface area contributed by atoms with E-state index >= 15 is 0 Å². The average Bonchev–Trinajstić information content (AvgIpc) is 2.84. The molecule has 0 saturated heterocycles. The van der Waals surface area contributed by atoms with Crippen molar-refractivity contribution in [2.24, 2.45) is 7.05 Å². The fourth-order valence-corrected chi connectivity index (χ4v) is 1.97. The van der Waals surface area contributed by atoms with Crippen LogP contribution < -0.4 is 5.32 Å². The van der Waals surface area contributed by atoms with Crippen LogP contribution in [0.2, 0.25) is 0 Å². The number of hydrogen-bond donors (Lipinski definition) is 1. The van der Waals surface area contributed by atoms with Gasteiger partial charge in [-0.3, -0.25) is 4.68 Å². The maximum atomic E-state index is 12.7. The van der Waals surface area contributed by atoms with E-state index in [0.29, 0.717) is 5.69 Å². The quantitative estimate of drug-likeness (QED) is 0.942. The summed E-state index contributed by atoms with van der Waals surface area (Å²) in [5.74, 6) is 0. The number of nitriles is 1. The van der Waals surface area contributed by atoms with E-state index < -0.39 is 17.3 Å². The third kappa shape index (κ3) is 3.34. The van der Waals surface area contributed by atoms with Crippen molar-refractivity contribution in [1.29, 1.82) is 5.26 Å². The van der Waals surface area contributed by atoms with E-state index in [1.807, 2.05) is 13.1 Å². The van der Waals surface area contributed by atoms with Crippen LogP contribution in [-0.2, 0) is 13.2 Å². The van der Waals surface area contributed by atoms with Crippen molar-refractivity contribution >= 4 is 5.69 Å². The molecule has 0 amide bonds. The summed E-state index contributed by atoms with van der Waals surface area (Å²) in [5, 5.41) is 16.0. The maximum absolute atomic E-state index is 12.7. The summed E-state index contributed by atoms with van der Waals surface area (Å²) in [6.45, 7) is 1.86. The molecule has 0 aliphatic rings. The van der Waals surface area contributed by atoms with Gasteiger partial charge in [0.15, 0.2) is 0 Å². The molecule has 2 rings (SSSR count). The molecule has 0 radical (unpaired) electrons. The molecule has 2 aromatic rings. The topological polar surface area (TPSA) is 53.6 Å². The lowest BCUT2D eigenvalue weighted by Crippen LogP contribution is -2.10. The summed E-state index contributed by atoms with van der Waals surface area (Å²) in [6, 6.07) is 4.88. The second-order valence-electron chi connectivity index (χ2n) is 4.68. The number of aryl methyl sites for hydroxylation is 1. The van der Waals surface area contributed by atoms with Gasteiger partial charge in [0.2, 0.25) is 0 Å². The third-order valence-electron chi connectivity index (χ3n) is 3.05. The smallest absolute Gasteiger partial charge is 0.378 e. The first-order valence-corrected chi connectivity index (χ1v) is 6.17. The van der Waals surface area contributed by atoms with Crippen molar-refractivity contribution in [2.75, 3.05) is 5.32 Å². The predicted octanol–water partition coefficient (Wildman–Crippen LogP) is 3.48. The lowest BCUT2D eigenvalue weighted by Gasteiger charge is -2.15. The van der Waals surface area contributed by atoms with Crippen LogP contribution in [0.5, 0.6) is 0 Å². The molecule has 0 spiro atoms. The molecule has 1 unspecified atom stereocenters. The number of aromatic nitrogens is 2. The summed E-state index contributed by atoms with van der Waals surface area (Å²) >= 11 is 0. The Labute approximate surface area is 119 Å². The van der Waals surface area contributed by atoms with E-state index in [4.69, 9.17) is 5.26 Å². The highest BCUT2D eigenvalue weighted by molar-refractivity contribution is 5.54. The number of nitrogens with zero attached hydrogens (tertiary/aromatic N) is 3. The predicted molar refractivity (Wildman–Crippen MR) is 71.4 cm³/mol. The minimum absolute atomic E-state index is 0.137. The molecule has 7 heteroatoms. The largest absolute Gasteiger partial charge is 0.417 e. The number of alkyl halides is 3. The highest BCUT2D eigenvalue weighted by Crippen LogP contribution is 2.33. The maximum Gasteiger partial charge on any atom is 0.417 e. The van der Waals surface area contributed by atoms with Crippen LogP contribution in [0.1, 0.15) is 29.7 Å². The van der Waals surface area contributed by atoms with Crippen LogP contribution in [0.4, 0.5) is 18.9 Å². The standard InChI is InChI=1S/C14H13F3N4/c1-9(11-7-19-21(2)8-11)20-12-3-4-13(14(15,16)17)10(5-12)6-18/h3-5,7-9,20H,1-2H3. The first-order valence-electron chi connectivity index (χ1n) is 6.17. The summed E-state index contributed by atoms with van der Waals surface area (Å²) in [5.41, 5.74) is 0.0299. The Morgan fingerprint density at radius 1 is 1.38 bits per heavy atom. The van der Waals surface area contributed by atoms with Crippen LogP contribution in [0.3, 0.4) is 0 Å². The van der Waals surface area contributed by atoms with Gasteiger partial charge in [0.25, 0.3) is 0 Å². The van der Waals surface area contributed by atoms with Gasteiger partial charge < -0.3 is 5.32 Å². The molecule has 1 N–H and O–H groups in total. The van der Waals surface area contributed by atoms with Crippen molar-refractivity contribution in [3.8, 4) is 6.07 Å². The van der Waals surface area contributed by atoms with E-state index in [1.54, 1.807) is 24.0 Å². The van der Waals surface area contributed by atoms with E-state index in [-0.39, 0.29) is 6.04 Å². The second-order valence-corrected chi connectivity index (χ2v) is 4.68. The van der Waals surface area contributed by atoms with Gasteiger partial charge in [0.1, 0.15) is 0 Å². The molecule has 0 bridgehead atoms. The molecule has 1 aromatic heterocycles. The highest BCUT2D eigenvalue weighted by atomic mass is 19.4. The summed E-state index contributed by atoms with van der Waals surface area (Å²) in [6.07, 6.45) is -1.04. The average molecular weight is 294 g/mol. The van der Waals surface area contributed by atoms with Crippen LogP contribution in [0.25, 0.3) is 0 Å². The first kappa shape index (κ1) is 14.9. The van der Waals surface area contributed by atoms with Crippen LogP contribution in [0.15, 0.2) is 30.6 Å². The van der Waals surface area contributed by atoms with E-state index in [1.165, 1.54) is 12.1 Å². The van der Waals surface area contributed by atoms with E-state index in [2.05, 4.69) is 10.4 Å². The molecule has 1 heterocycles. The molecule has 21 heavy (non-hydrogen) atoms. The molecule has 1 aromatic carbocycles. The van der Waals surface area contributed by atoms with Crippen molar-refractivity contribution in [1.82, 2.24) is 9.78 Å². The van der Waals surface area contributed by atoms with E-state index in [9.17, 15) is 13.2 Å². The van der Waals surface area contributed by atoms with Gasteiger partial charge >= 0.3 is 6.18 Å². The Morgan fingerprint density at radius 3 is 2.62 bits per heavy atom. The zero-order valence-electron chi connectivity index (χ0n) is 11.4. The minimum atomic E-state index is -4.53. The molecule has 0 saturated carbocycles. The van der Waals surface area contributed by atoms with Crippen molar-refractivity contribution in [3.63, 3.8) is 0 Å². The molecule has 110 valence electrons. The van der Waals surface area contributed by atoms with Gasteiger partial charge in [-0.05, 0) is 25.1 Å². The molecule has 1 atom stereocenters. The first-order chi connectivity index (χ1) is 9.81. The van der Waals surface area contributed by atoms with E-state index in [0.717, 1.165) is 11.6 Å². The van der Waals surface area contributed by atoms with Gasteiger partial charge in [-0.15, -0.1) is 0 Å². The Hall–Kier alpha value is -2.49. The molecule has 0 fully saturated rings. The summed E-state index contributed by atoms with van der Waals surface area (Å²) in [4.78, 5) is 0. The van der Waals surface area contributed by atoms with Crippen LogP contribution in [-0.4, -0.2) is 9.78 Å². The summed E-state index contributed by atoms with van der Waals surface area (Å²) < 4.78 is 39.8. The monoisotopic (exact) mass is 294 g/mol. The van der Waals surface area contributed by atoms with Crippen molar-refractivity contribution in [2.45, 2.75) is 19.1 Å². The highest BCUT2D eigenvalue weighted by Gasteiger charge is 2.33. The summed E-state index contributed by atoms with van der Waals surface area (Å²) in [7, 11) is 1.78. The van der Waals surface area contributed by atoms with Gasteiger partial charge in [0, 0.05) is 24.5 Å². The lowest BCUT2D eigenvalue weighted by molar-refractivity contribution is -0.137. The Bertz CT molecular complexity index is 682. The van der Waals surface area contributed by atoms with Crippen molar-refractivity contribution in [3.05, 3.63) is 47.3 Å².